The zero-order valence-corrected chi connectivity index (χ0v) is 30.1. The van der Waals surface area contributed by atoms with Crippen molar-refractivity contribution in [2.75, 3.05) is 13.2 Å². The summed E-state index contributed by atoms with van der Waals surface area (Å²) in [5.74, 6) is 1.17. The largest absolute Gasteiger partial charge is 0.478 e. The number of aromatic amines is 1. The second-order valence-corrected chi connectivity index (χ2v) is 15.1. The number of rotatable bonds is 19. The third-order valence-corrected chi connectivity index (χ3v) is 11.8. The van der Waals surface area contributed by atoms with E-state index in [0.717, 1.165) is 99.1 Å². The quantitative estimate of drug-likeness (QED) is 0.0498. The van der Waals surface area contributed by atoms with Gasteiger partial charge in [-0.25, -0.2) is 4.79 Å². The van der Waals surface area contributed by atoms with E-state index >= 15 is 0 Å². The van der Waals surface area contributed by atoms with Gasteiger partial charge in [-0.1, -0.05) is 80.2 Å². The zero-order chi connectivity index (χ0) is 36.5. The van der Waals surface area contributed by atoms with E-state index in [-0.39, 0.29) is 42.4 Å². The molecule has 278 valence electrons. The first kappa shape index (κ1) is 37.3. The Morgan fingerprint density at radius 3 is 2.58 bits per heavy atom. The van der Waals surface area contributed by atoms with Gasteiger partial charge in [0.15, 0.2) is 5.96 Å². The minimum atomic E-state index is -0.991. The Bertz CT molecular complexity index is 1740. The Balaban J connectivity index is 1.33. The number of aliphatic hydroxyl groups is 1. The van der Waals surface area contributed by atoms with Crippen molar-refractivity contribution in [3.8, 4) is 0 Å². The van der Waals surface area contributed by atoms with Gasteiger partial charge < -0.3 is 41.2 Å². The lowest BCUT2D eigenvalue weighted by Gasteiger charge is -2.51. The molecule has 6 N–H and O–H groups in total. The molecule has 0 saturated heterocycles. The number of nitrogens with zero attached hydrogens (tertiary/aromatic N) is 2. The fourth-order valence-corrected chi connectivity index (χ4v) is 9.37. The third-order valence-electron chi connectivity index (χ3n) is 11.8. The Morgan fingerprint density at radius 2 is 1.83 bits per heavy atom. The van der Waals surface area contributed by atoms with Crippen LogP contribution >= 0.6 is 0 Å². The molecule has 2 aliphatic carbocycles. The van der Waals surface area contributed by atoms with E-state index in [9.17, 15) is 24.6 Å². The molecule has 0 radical (unpaired) electrons. The Kier molecular flexibility index (Phi) is 12.8. The summed E-state index contributed by atoms with van der Waals surface area (Å²) < 4.78 is 0. The average Bonchev–Trinajstić information content (AvgIpc) is 3.66. The number of unbranched alkanes of at least 4 members (excludes halogenated alkanes) is 3. The number of aliphatic imine (C=N–C) groups is 1. The molecule has 3 aromatic rings. The molecule has 7 unspecified atom stereocenters. The monoisotopic (exact) mass is 708 g/mol. The van der Waals surface area contributed by atoms with Gasteiger partial charge in [-0.3, -0.25) is 4.99 Å². The van der Waals surface area contributed by atoms with E-state index in [1.54, 1.807) is 0 Å². The van der Waals surface area contributed by atoms with Crippen molar-refractivity contribution in [3.05, 3.63) is 82.3 Å². The SMILES string of the molecule is NC1=NCCC(C(=CC(=O)O)C([N-]c2ccc[nH]2)C2CCC3CC2C(CCCCCCC(C=O)CCCO)c2cc4cc(CC=O)ccc4cc23)N1. The highest BCUT2D eigenvalue weighted by Crippen LogP contribution is 2.57. The summed E-state index contributed by atoms with van der Waals surface area (Å²) in [5.41, 5.74) is 10.7. The van der Waals surface area contributed by atoms with Crippen LogP contribution in [-0.2, 0) is 20.8 Å². The molecule has 1 saturated carbocycles. The first-order valence-electron chi connectivity index (χ1n) is 19.3. The molecule has 52 heavy (non-hydrogen) atoms. The zero-order valence-electron chi connectivity index (χ0n) is 30.1. The van der Waals surface area contributed by atoms with Crippen molar-refractivity contribution in [1.29, 1.82) is 0 Å². The number of nitrogens with two attached hydrogens (primary N) is 1. The Morgan fingerprint density at radius 1 is 1.00 bits per heavy atom. The smallest absolute Gasteiger partial charge is 0.328 e. The van der Waals surface area contributed by atoms with Crippen LogP contribution in [0.1, 0.15) is 106 Å². The van der Waals surface area contributed by atoms with Crippen molar-refractivity contribution in [2.24, 2.45) is 28.5 Å². The highest BCUT2D eigenvalue weighted by molar-refractivity contribution is 5.86. The van der Waals surface area contributed by atoms with Gasteiger partial charge in [-0.05, 0) is 114 Å². The van der Waals surface area contributed by atoms with Gasteiger partial charge >= 0.3 is 5.97 Å². The number of carboxylic acids is 1. The molecule has 1 aromatic heterocycles. The van der Waals surface area contributed by atoms with E-state index in [0.29, 0.717) is 37.7 Å². The van der Waals surface area contributed by atoms with E-state index in [2.05, 4.69) is 45.6 Å². The van der Waals surface area contributed by atoms with Crippen LogP contribution in [0.25, 0.3) is 16.1 Å². The van der Waals surface area contributed by atoms with Crippen LogP contribution in [0.3, 0.4) is 0 Å². The number of carbonyl (C=O) groups excluding carboxylic acids is 2. The molecule has 10 heteroatoms. The number of fused-ring (bicyclic) bond motifs is 5. The molecule has 1 aliphatic heterocycles. The normalized spacial score (nSPS) is 23.9. The molecule has 0 amide bonds. The van der Waals surface area contributed by atoms with Crippen molar-refractivity contribution in [3.63, 3.8) is 0 Å². The number of carboxylic acid groups (broad SMARTS) is 1. The van der Waals surface area contributed by atoms with Crippen LogP contribution < -0.4 is 11.1 Å². The van der Waals surface area contributed by atoms with Crippen LogP contribution in [0, 0.1) is 17.8 Å². The van der Waals surface area contributed by atoms with Crippen LogP contribution in [0.15, 0.2) is 65.3 Å². The summed E-state index contributed by atoms with van der Waals surface area (Å²) in [6.45, 7) is 0.645. The van der Waals surface area contributed by atoms with Crippen molar-refractivity contribution >= 4 is 41.1 Å². The van der Waals surface area contributed by atoms with Gasteiger partial charge in [0.25, 0.3) is 0 Å². The van der Waals surface area contributed by atoms with Crippen LogP contribution in [0.2, 0.25) is 0 Å². The molecule has 2 aromatic carbocycles. The number of guanidine groups is 1. The molecule has 7 atom stereocenters. The van der Waals surface area contributed by atoms with Crippen molar-refractivity contribution in [2.45, 2.75) is 107 Å². The van der Waals surface area contributed by atoms with Gasteiger partial charge in [-0.2, -0.15) is 0 Å². The van der Waals surface area contributed by atoms with Gasteiger partial charge in [0.2, 0.25) is 0 Å². The standard InChI is InChI=1S/C42H54N5O5/c43-42-45-18-15-38(46-42)37(25-40(51)52)41(47-39-10-5-17-44-39)33-14-13-30-23-35(33)32(9-4-2-1-3-7-28(26-50)8-6-19-48)36-24-31-21-27(16-20-49)11-12-29(31)22-34(30)36/h5,10-12,17,20-22,24-26,28,30,32-33,35,38,41,44,48H,1-4,6-9,13-16,18-19,23H2,(H,51,52)(H3,43,45,46)/q-1. The fourth-order valence-electron chi connectivity index (χ4n) is 9.37. The lowest BCUT2D eigenvalue weighted by molar-refractivity contribution is -0.131. The van der Waals surface area contributed by atoms with Gasteiger partial charge in [0.1, 0.15) is 12.6 Å². The maximum Gasteiger partial charge on any atom is 0.328 e. The number of hydrogen-bond acceptors (Lipinski definition) is 7. The van der Waals surface area contributed by atoms with Gasteiger partial charge in [0, 0.05) is 31.6 Å². The minimum absolute atomic E-state index is 0.0170. The molecule has 2 heterocycles. The summed E-state index contributed by atoms with van der Waals surface area (Å²) in [5, 5.41) is 30.3. The highest BCUT2D eigenvalue weighted by Gasteiger charge is 2.45. The molecule has 1 fully saturated rings. The number of carbonyl (C=O) groups is 3. The number of aliphatic carboxylic acids is 1. The maximum atomic E-state index is 12.4. The van der Waals surface area contributed by atoms with Crippen molar-refractivity contribution < 1.29 is 24.6 Å². The summed E-state index contributed by atoms with van der Waals surface area (Å²) in [7, 11) is 0. The lowest BCUT2D eigenvalue weighted by atomic mass is 9.56. The number of aliphatic hydroxyl groups excluding tert-OH is 1. The number of nitrogens with one attached hydrogen (secondary N) is 2. The average molecular weight is 709 g/mol. The molecule has 10 nitrogen and oxygen atoms in total. The first-order valence-corrected chi connectivity index (χ1v) is 19.3. The van der Waals surface area contributed by atoms with E-state index in [1.807, 2.05) is 18.3 Å². The fraction of sp³-hybridized carbons (Fsp3) is 0.524. The predicted octanol–water partition coefficient (Wildman–Crippen LogP) is 7.20. The number of benzene rings is 2. The number of H-pyrrole nitrogens is 1. The van der Waals surface area contributed by atoms with E-state index < -0.39 is 5.97 Å². The molecule has 2 bridgehead atoms. The molecule has 0 spiro atoms. The van der Waals surface area contributed by atoms with Gasteiger partial charge in [-0.15, -0.1) is 0 Å². The number of aldehydes is 2. The topological polar surface area (TPSA) is 172 Å². The maximum absolute atomic E-state index is 12.4. The van der Waals surface area contributed by atoms with Crippen LogP contribution in [0.4, 0.5) is 5.82 Å². The molecule has 3 aliphatic rings. The summed E-state index contributed by atoms with van der Waals surface area (Å²) >= 11 is 0. The second kappa shape index (κ2) is 17.9. The number of aromatic nitrogens is 1. The van der Waals surface area contributed by atoms with Crippen LogP contribution in [0.5, 0.6) is 0 Å². The summed E-state index contributed by atoms with van der Waals surface area (Å²) in [6, 6.07) is 14.3. The first-order chi connectivity index (χ1) is 25.4. The minimum Gasteiger partial charge on any atom is -0.478 e. The Hall–Kier alpha value is -4.44. The van der Waals surface area contributed by atoms with Crippen molar-refractivity contribution in [1.82, 2.24) is 10.3 Å². The van der Waals surface area contributed by atoms with E-state index in [1.165, 1.54) is 22.6 Å². The van der Waals surface area contributed by atoms with E-state index in [4.69, 9.17) is 11.1 Å². The Labute approximate surface area is 306 Å². The second-order valence-electron chi connectivity index (χ2n) is 15.1. The predicted molar refractivity (Wildman–Crippen MR) is 205 cm³/mol. The third kappa shape index (κ3) is 8.95. The lowest BCUT2D eigenvalue weighted by Crippen LogP contribution is -2.49. The molecule has 6 rings (SSSR count). The summed E-state index contributed by atoms with van der Waals surface area (Å²) in [6.07, 6.45) is 16.7. The number of hydrogen-bond donors (Lipinski definition) is 5. The van der Waals surface area contributed by atoms with Gasteiger partial charge in [0.05, 0.1) is 6.04 Å². The summed E-state index contributed by atoms with van der Waals surface area (Å²) in [4.78, 5) is 43.0. The molecular weight excluding hydrogens is 654 g/mol. The highest BCUT2D eigenvalue weighted by atomic mass is 16.4. The van der Waals surface area contributed by atoms with Crippen LogP contribution in [-0.4, -0.2) is 64.9 Å². The molecular formula is C42H54N5O5-.